The summed E-state index contributed by atoms with van der Waals surface area (Å²) in [5, 5.41) is 2.97. The zero-order valence-corrected chi connectivity index (χ0v) is 19.0. The molecule has 2 fully saturated rings. The first-order valence-corrected chi connectivity index (χ1v) is 12.7. The van der Waals surface area contributed by atoms with Gasteiger partial charge in [-0.15, -0.1) is 0 Å². The zero-order chi connectivity index (χ0) is 21.6. The predicted octanol–water partition coefficient (Wildman–Crippen LogP) is 2.12. The molecule has 1 amide bonds. The van der Waals surface area contributed by atoms with Gasteiger partial charge in [0.25, 0.3) is 0 Å². The van der Waals surface area contributed by atoms with Crippen LogP contribution in [0.2, 0.25) is 0 Å². The lowest BCUT2D eigenvalue weighted by molar-refractivity contribution is -0.125. The number of carbonyl (C=O) groups excluding carboxylic acids is 1. The Balaban J connectivity index is 1.58. The first-order chi connectivity index (χ1) is 14.4. The molecule has 0 spiro atoms. The van der Waals surface area contributed by atoms with Gasteiger partial charge in [-0.1, -0.05) is 37.6 Å². The molecule has 7 nitrogen and oxygen atoms in total. The molecule has 0 aromatic heterocycles. The molecule has 0 saturated carbocycles. The molecule has 2 atom stereocenters. The summed E-state index contributed by atoms with van der Waals surface area (Å²) in [7, 11) is -3.38. The van der Waals surface area contributed by atoms with Gasteiger partial charge in [0.15, 0.2) is 0 Å². The summed E-state index contributed by atoms with van der Waals surface area (Å²) in [5.41, 5.74) is 2.24. The Kier molecular flexibility index (Phi) is 8.27. The van der Waals surface area contributed by atoms with Crippen LogP contribution in [0, 0.1) is 0 Å². The number of hydrogen-bond donors (Lipinski definition) is 1. The minimum absolute atomic E-state index is 0.0962. The summed E-state index contributed by atoms with van der Waals surface area (Å²) >= 11 is 0. The second kappa shape index (κ2) is 10.7. The number of nitrogens with zero attached hydrogens (tertiary/aromatic N) is 2. The van der Waals surface area contributed by atoms with Crippen molar-refractivity contribution < 1.29 is 17.9 Å². The van der Waals surface area contributed by atoms with Crippen molar-refractivity contribution >= 4 is 15.9 Å². The molecule has 2 saturated heterocycles. The molecule has 3 rings (SSSR count). The summed E-state index contributed by atoms with van der Waals surface area (Å²) in [5.74, 6) is -0.0966. The zero-order valence-electron chi connectivity index (χ0n) is 18.2. The standard InChI is InChI=1S/C22H35N3O4S/c1-3-13-30(27,28)25-10-5-4-9-21(25)22(26)23-15-19-7-6-8-20(14-19)17-24-11-12-29-18(2)16-24/h6-8,14,18,21H,3-5,9-13,15-17H2,1-2H3,(H,23,26). The number of carbonyl (C=O) groups is 1. The topological polar surface area (TPSA) is 79.0 Å². The molecule has 0 aliphatic carbocycles. The minimum atomic E-state index is -3.38. The maximum absolute atomic E-state index is 12.8. The lowest BCUT2D eigenvalue weighted by atomic mass is 10.0. The van der Waals surface area contributed by atoms with E-state index in [2.05, 4.69) is 29.3 Å². The molecule has 2 aliphatic rings. The number of benzene rings is 1. The van der Waals surface area contributed by atoms with Crippen LogP contribution < -0.4 is 5.32 Å². The van der Waals surface area contributed by atoms with E-state index in [9.17, 15) is 13.2 Å². The number of sulfonamides is 1. The monoisotopic (exact) mass is 437 g/mol. The third-order valence-corrected chi connectivity index (χ3v) is 7.84. The number of morpholine rings is 1. The molecule has 168 valence electrons. The Bertz CT molecular complexity index is 814. The second-order valence-electron chi connectivity index (χ2n) is 8.39. The normalized spacial score (nSPS) is 23.9. The molecule has 2 aliphatic heterocycles. The highest BCUT2D eigenvalue weighted by atomic mass is 32.2. The average molecular weight is 438 g/mol. The second-order valence-corrected chi connectivity index (χ2v) is 10.4. The molecule has 1 aromatic carbocycles. The van der Waals surface area contributed by atoms with Crippen molar-refractivity contribution in [1.29, 1.82) is 0 Å². The van der Waals surface area contributed by atoms with E-state index in [1.165, 1.54) is 9.87 Å². The van der Waals surface area contributed by atoms with E-state index in [-0.39, 0.29) is 17.8 Å². The van der Waals surface area contributed by atoms with E-state index in [4.69, 9.17) is 4.74 Å². The Hall–Kier alpha value is -1.48. The average Bonchev–Trinajstić information content (AvgIpc) is 2.72. The van der Waals surface area contributed by atoms with Gasteiger partial charge in [0.2, 0.25) is 15.9 Å². The van der Waals surface area contributed by atoms with Crippen LogP contribution in [-0.4, -0.2) is 67.7 Å². The van der Waals surface area contributed by atoms with Crippen LogP contribution in [0.15, 0.2) is 24.3 Å². The molecule has 0 radical (unpaired) electrons. The van der Waals surface area contributed by atoms with Crippen molar-refractivity contribution in [3.05, 3.63) is 35.4 Å². The molecular weight excluding hydrogens is 402 g/mol. The van der Waals surface area contributed by atoms with Crippen molar-refractivity contribution in [3.8, 4) is 0 Å². The molecule has 2 unspecified atom stereocenters. The largest absolute Gasteiger partial charge is 0.376 e. The molecule has 8 heteroatoms. The van der Waals surface area contributed by atoms with Crippen molar-refractivity contribution in [1.82, 2.24) is 14.5 Å². The summed E-state index contributed by atoms with van der Waals surface area (Å²) < 4.78 is 32.2. The first-order valence-electron chi connectivity index (χ1n) is 11.1. The lowest BCUT2D eigenvalue weighted by Crippen LogP contribution is -2.52. The maximum atomic E-state index is 12.8. The Labute approximate surface area is 180 Å². The van der Waals surface area contributed by atoms with Gasteiger partial charge in [-0.3, -0.25) is 9.69 Å². The van der Waals surface area contributed by atoms with Gasteiger partial charge in [-0.05, 0) is 37.3 Å². The Morgan fingerprint density at radius 2 is 2.03 bits per heavy atom. The van der Waals surface area contributed by atoms with Crippen LogP contribution in [0.1, 0.15) is 50.7 Å². The van der Waals surface area contributed by atoms with Crippen LogP contribution in [0.5, 0.6) is 0 Å². The lowest BCUT2D eigenvalue weighted by Gasteiger charge is -2.33. The van der Waals surface area contributed by atoms with E-state index in [0.717, 1.165) is 44.6 Å². The van der Waals surface area contributed by atoms with E-state index in [1.807, 2.05) is 19.1 Å². The third kappa shape index (κ3) is 6.26. The summed E-state index contributed by atoms with van der Waals surface area (Å²) in [6.07, 6.45) is 3.09. The number of hydrogen-bond acceptors (Lipinski definition) is 5. The van der Waals surface area contributed by atoms with Crippen molar-refractivity contribution in [3.63, 3.8) is 0 Å². The van der Waals surface area contributed by atoms with Crippen molar-refractivity contribution in [2.45, 2.75) is 64.8 Å². The third-order valence-electron chi connectivity index (χ3n) is 5.77. The highest BCUT2D eigenvalue weighted by molar-refractivity contribution is 7.89. The molecule has 1 aromatic rings. The highest BCUT2D eigenvalue weighted by Crippen LogP contribution is 2.22. The molecule has 0 bridgehead atoms. The van der Waals surface area contributed by atoms with Crippen LogP contribution in [0.3, 0.4) is 0 Å². The fourth-order valence-electron chi connectivity index (χ4n) is 4.31. The molecule has 2 heterocycles. The van der Waals surface area contributed by atoms with Gasteiger partial charge >= 0.3 is 0 Å². The van der Waals surface area contributed by atoms with E-state index in [0.29, 0.717) is 25.9 Å². The smallest absolute Gasteiger partial charge is 0.238 e. The molecule has 30 heavy (non-hydrogen) atoms. The SMILES string of the molecule is CCCS(=O)(=O)N1CCCCC1C(=O)NCc1cccc(CN2CCOC(C)C2)c1. The van der Waals surface area contributed by atoms with Gasteiger partial charge in [-0.25, -0.2) is 8.42 Å². The number of amides is 1. The van der Waals surface area contributed by atoms with Gasteiger partial charge in [0, 0.05) is 32.7 Å². The Morgan fingerprint density at radius 3 is 2.80 bits per heavy atom. The van der Waals surface area contributed by atoms with Crippen molar-refractivity contribution in [2.75, 3.05) is 32.0 Å². The minimum Gasteiger partial charge on any atom is -0.376 e. The van der Waals surface area contributed by atoms with Gasteiger partial charge in [0.1, 0.15) is 6.04 Å². The van der Waals surface area contributed by atoms with Crippen LogP contribution in [0.4, 0.5) is 0 Å². The Morgan fingerprint density at radius 1 is 1.23 bits per heavy atom. The van der Waals surface area contributed by atoms with Crippen LogP contribution in [0.25, 0.3) is 0 Å². The van der Waals surface area contributed by atoms with E-state index in [1.54, 1.807) is 0 Å². The number of piperidine rings is 1. The van der Waals surface area contributed by atoms with E-state index >= 15 is 0 Å². The van der Waals surface area contributed by atoms with Crippen LogP contribution in [-0.2, 0) is 32.6 Å². The maximum Gasteiger partial charge on any atom is 0.238 e. The van der Waals surface area contributed by atoms with Crippen molar-refractivity contribution in [2.24, 2.45) is 0 Å². The summed E-state index contributed by atoms with van der Waals surface area (Å²) in [6, 6.07) is 7.64. The number of ether oxygens (including phenoxy) is 1. The molecular formula is C22H35N3O4S. The quantitative estimate of drug-likeness (QED) is 0.674. The van der Waals surface area contributed by atoms with Gasteiger partial charge < -0.3 is 10.1 Å². The van der Waals surface area contributed by atoms with Crippen LogP contribution >= 0.6 is 0 Å². The fraction of sp³-hybridized carbons (Fsp3) is 0.682. The van der Waals surface area contributed by atoms with Gasteiger partial charge in [0.05, 0.1) is 18.5 Å². The summed E-state index contributed by atoms with van der Waals surface area (Å²) in [4.78, 5) is 15.2. The number of rotatable bonds is 8. The van der Waals surface area contributed by atoms with Gasteiger partial charge in [-0.2, -0.15) is 4.31 Å². The number of nitrogens with one attached hydrogen (secondary N) is 1. The summed E-state index contributed by atoms with van der Waals surface area (Å²) in [6.45, 7) is 8.25. The van der Waals surface area contributed by atoms with E-state index < -0.39 is 16.1 Å². The highest BCUT2D eigenvalue weighted by Gasteiger charge is 2.35. The predicted molar refractivity (Wildman–Crippen MR) is 117 cm³/mol. The fourth-order valence-corrected chi connectivity index (χ4v) is 6.06. The first kappa shape index (κ1) is 23.2. The molecule has 1 N–H and O–H groups in total.